The van der Waals surface area contributed by atoms with E-state index in [-0.39, 0.29) is 11.6 Å². The fraction of sp³-hybridized carbons (Fsp3) is 0.273. The van der Waals surface area contributed by atoms with E-state index >= 15 is 0 Å². The Hall–Kier alpha value is -3.08. The Morgan fingerprint density at radius 2 is 2.07 bits per heavy atom. The molecule has 5 heteroatoms. The first-order valence-electron chi connectivity index (χ1n) is 9.41. The molecule has 0 fully saturated rings. The fourth-order valence-corrected chi connectivity index (χ4v) is 3.66. The molecule has 0 atom stereocenters. The summed E-state index contributed by atoms with van der Waals surface area (Å²) in [4.78, 5) is 17.5. The van der Waals surface area contributed by atoms with Crippen LogP contribution >= 0.6 is 0 Å². The van der Waals surface area contributed by atoms with Crippen LogP contribution in [0.25, 0.3) is 11.8 Å². The van der Waals surface area contributed by atoms with Crippen LogP contribution in [-0.4, -0.2) is 26.5 Å². The zero-order valence-corrected chi connectivity index (χ0v) is 15.4. The van der Waals surface area contributed by atoms with Gasteiger partial charge in [0.15, 0.2) is 0 Å². The fourth-order valence-electron chi connectivity index (χ4n) is 3.66. The van der Waals surface area contributed by atoms with Crippen LogP contribution in [0.1, 0.15) is 31.9 Å². The molecule has 2 aromatic rings. The number of rotatable bonds is 3. The van der Waals surface area contributed by atoms with Gasteiger partial charge in [0.2, 0.25) is 5.88 Å². The minimum Gasteiger partial charge on any atom is -0.493 e. The second-order valence-electron chi connectivity index (χ2n) is 6.77. The van der Waals surface area contributed by atoms with Crippen molar-refractivity contribution in [3.63, 3.8) is 0 Å². The molecular weight excluding hydrogens is 338 g/mol. The average Bonchev–Trinajstić information content (AvgIpc) is 2.83. The number of benzene rings is 1. The summed E-state index contributed by atoms with van der Waals surface area (Å²) in [6.07, 6.45) is 11.1. The summed E-state index contributed by atoms with van der Waals surface area (Å²) < 4.78 is 2.97. The summed E-state index contributed by atoms with van der Waals surface area (Å²) >= 11 is 0. The average molecular weight is 361 g/mol. The lowest BCUT2D eigenvalue weighted by Crippen LogP contribution is -2.23. The van der Waals surface area contributed by atoms with Crippen LogP contribution in [0.15, 0.2) is 69.5 Å². The highest BCUT2D eigenvalue weighted by Crippen LogP contribution is 2.27. The Morgan fingerprint density at radius 1 is 1.26 bits per heavy atom. The highest BCUT2D eigenvalue weighted by atomic mass is 16.3. The number of hydrogen-bond donors (Lipinski definition) is 1. The number of fused-ring (bicyclic) bond motifs is 1. The third-order valence-corrected chi connectivity index (χ3v) is 5.00. The predicted octanol–water partition coefficient (Wildman–Crippen LogP) is 3.87. The van der Waals surface area contributed by atoms with Crippen molar-refractivity contribution in [1.29, 1.82) is 0 Å². The van der Waals surface area contributed by atoms with E-state index < -0.39 is 0 Å². The molecule has 2 aliphatic rings. The van der Waals surface area contributed by atoms with Gasteiger partial charge in [0.1, 0.15) is 5.69 Å². The van der Waals surface area contributed by atoms with Crippen molar-refractivity contribution in [2.24, 2.45) is 4.99 Å². The molecule has 1 aliphatic carbocycles. The van der Waals surface area contributed by atoms with Crippen molar-refractivity contribution in [1.82, 2.24) is 9.13 Å². The molecule has 1 aliphatic heterocycles. The van der Waals surface area contributed by atoms with Crippen molar-refractivity contribution in [3.05, 3.63) is 75.9 Å². The topological polar surface area (TPSA) is 59.5 Å². The molecule has 0 unspecified atom stereocenters. The number of para-hydroxylation sites is 1. The zero-order valence-electron chi connectivity index (χ0n) is 15.4. The quantitative estimate of drug-likeness (QED) is 0.902. The van der Waals surface area contributed by atoms with Crippen molar-refractivity contribution >= 4 is 11.8 Å². The summed E-state index contributed by atoms with van der Waals surface area (Å²) in [5, 5.41) is 10.7. The first-order chi connectivity index (χ1) is 13.2. The molecule has 2 heterocycles. The van der Waals surface area contributed by atoms with Crippen LogP contribution in [0.3, 0.4) is 0 Å². The highest BCUT2D eigenvalue weighted by Gasteiger charge is 2.19. The molecule has 0 amide bonds. The van der Waals surface area contributed by atoms with Gasteiger partial charge in [-0.2, -0.15) is 0 Å². The summed E-state index contributed by atoms with van der Waals surface area (Å²) in [5.41, 5.74) is 4.37. The van der Waals surface area contributed by atoms with E-state index in [1.54, 1.807) is 4.57 Å². The lowest BCUT2D eigenvalue weighted by atomic mass is 10.00. The number of nitrogens with zero attached hydrogens (tertiary/aromatic N) is 3. The maximum absolute atomic E-state index is 12.9. The monoisotopic (exact) mass is 361 g/mol. The first-order valence-corrected chi connectivity index (χ1v) is 9.41. The van der Waals surface area contributed by atoms with E-state index in [4.69, 9.17) is 0 Å². The molecule has 1 N–H and O–H groups in total. The van der Waals surface area contributed by atoms with Gasteiger partial charge in [0.05, 0.1) is 11.4 Å². The summed E-state index contributed by atoms with van der Waals surface area (Å²) in [6, 6.07) is 9.44. The van der Waals surface area contributed by atoms with Crippen LogP contribution in [-0.2, 0) is 6.54 Å². The van der Waals surface area contributed by atoms with Gasteiger partial charge >= 0.3 is 5.69 Å². The Morgan fingerprint density at radius 3 is 2.85 bits per heavy atom. The summed E-state index contributed by atoms with van der Waals surface area (Å²) in [5.74, 6) is 0.00279. The van der Waals surface area contributed by atoms with Crippen LogP contribution in [0.5, 0.6) is 5.88 Å². The number of imidazole rings is 1. The Bertz CT molecular complexity index is 1030. The summed E-state index contributed by atoms with van der Waals surface area (Å²) in [7, 11) is 0. The lowest BCUT2D eigenvalue weighted by molar-refractivity contribution is 0.417. The molecule has 138 valence electrons. The molecule has 4 rings (SSSR count). The molecular formula is C22H23N3O2. The SMILES string of the molecule is CCn1c(O)c(C=C2C=C3CCCN=C3C=CC2)n(-c2ccccc2)c1=O. The molecule has 0 saturated heterocycles. The zero-order chi connectivity index (χ0) is 18.8. The Kier molecular flexibility index (Phi) is 4.67. The van der Waals surface area contributed by atoms with E-state index in [0.717, 1.165) is 42.8 Å². The normalized spacial score (nSPS) is 18.0. The molecule has 1 aromatic heterocycles. The van der Waals surface area contributed by atoms with Crippen LogP contribution in [0.2, 0.25) is 0 Å². The third kappa shape index (κ3) is 3.21. The Labute approximate surface area is 158 Å². The van der Waals surface area contributed by atoms with Gasteiger partial charge in [-0.05, 0) is 61.6 Å². The van der Waals surface area contributed by atoms with Gasteiger partial charge < -0.3 is 5.11 Å². The van der Waals surface area contributed by atoms with Gasteiger partial charge in [-0.15, -0.1) is 0 Å². The standard InChI is InChI=1S/C22H23N3O2/c1-2-24-21(26)20(25(22(24)27)18-10-4-3-5-11-18)15-16-8-6-12-19-17(14-16)9-7-13-23-19/h3-6,10-12,14-15,26H,2,7-9,13H2,1H3. The van der Waals surface area contributed by atoms with Crippen LogP contribution < -0.4 is 5.69 Å². The number of aromatic nitrogens is 2. The number of aromatic hydroxyl groups is 1. The van der Waals surface area contributed by atoms with E-state index in [9.17, 15) is 9.90 Å². The highest BCUT2D eigenvalue weighted by molar-refractivity contribution is 6.09. The maximum Gasteiger partial charge on any atom is 0.336 e. The maximum atomic E-state index is 12.9. The van der Waals surface area contributed by atoms with Crippen molar-refractivity contribution in [3.8, 4) is 11.6 Å². The molecule has 0 saturated carbocycles. The van der Waals surface area contributed by atoms with Crippen molar-refractivity contribution in [2.75, 3.05) is 6.54 Å². The number of aliphatic imine (C=N–C) groups is 1. The second-order valence-corrected chi connectivity index (χ2v) is 6.77. The van der Waals surface area contributed by atoms with Gasteiger partial charge in [0, 0.05) is 13.1 Å². The van der Waals surface area contributed by atoms with Crippen LogP contribution in [0, 0.1) is 0 Å². The van der Waals surface area contributed by atoms with Gasteiger partial charge in [-0.3, -0.25) is 14.1 Å². The minimum absolute atomic E-state index is 0.00279. The molecule has 1 aromatic carbocycles. The largest absolute Gasteiger partial charge is 0.493 e. The number of hydrogen-bond acceptors (Lipinski definition) is 3. The third-order valence-electron chi connectivity index (χ3n) is 5.00. The number of allylic oxidation sites excluding steroid dienone is 5. The van der Waals surface area contributed by atoms with E-state index in [1.165, 1.54) is 10.1 Å². The summed E-state index contributed by atoms with van der Waals surface area (Å²) in [6.45, 7) is 3.15. The Balaban J connectivity index is 1.88. The molecule has 0 spiro atoms. The first kappa shape index (κ1) is 17.3. The molecule has 0 radical (unpaired) electrons. The smallest absolute Gasteiger partial charge is 0.336 e. The van der Waals surface area contributed by atoms with Gasteiger partial charge in [-0.1, -0.05) is 30.4 Å². The van der Waals surface area contributed by atoms with Gasteiger partial charge in [-0.25, -0.2) is 4.79 Å². The molecule has 0 bridgehead atoms. The van der Waals surface area contributed by atoms with E-state index in [1.807, 2.05) is 43.3 Å². The van der Waals surface area contributed by atoms with Crippen molar-refractivity contribution in [2.45, 2.75) is 32.7 Å². The minimum atomic E-state index is -0.232. The van der Waals surface area contributed by atoms with E-state index in [0.29, 0.717) is 12.2 Å². The van der Waals surface area contributed by atoms with Crippen molar-refractivity contribution < 1.29 is 5.11 Å². The lowest BCUT2D eigenvalue weighted by Gasteiger charge is -2.12. The van der Waals surface area contributed by atoms with Gasteiger partial charge in [0.25, 0.3) is 0 Å². The predicted molar refractivity (Wildman–Crippen MR) is 109 cm³/mol. The van der Waals surface area contributed by atoms with E-state index in [2.05, 4.69) is 23.2 Å². The second kappa shape index (κ2) is 7.27. The molecule has 5 nitrogen and oxygen atoms in total. The van der Waals surface area contributed by atoms with Crippen LogP contribution in [0.4, 0.5) is 0 Å². The molecule has 27 heavy (non-hydrogen) atoms.